The van der Waals surface area contributed by atoms with Gasteiger partial charge in [0, 0.05) is 31.0 Å². The van der Waals surface area contributed by atoms with Crippen LogP contribution in [0.4, 0.5) is 0 Å². The van der Waals surface area contributed by atoms with Gasteiger partial charge in [0.15, 0.2) is 14.1 Å². The van der Waals surface area contributed by atoms with E-state index < -0.39 is 39.2 Å². The van der Waals surface area contributed by atoms with Gasteiger partial charge in [-0.2, -0.15) is 0 Å². The molecular weight excluding hydrogens is 688 g/mol. The fraction of sp³-hybridized carbons (Fsp3) is 0.262. The summed E-state index contributed by atoms with van der Waals surface area (Å²) in [5, 5.41) is 5.33. The summed E-state index contributed by atoms with van der Waals surface area (Å²) in [6.07, 6.45) is 0.906. The number of ether oxygens (including phenoxy) is 1. The van der Waals surface area contributed by atoms with Crippen LogP contribution in [0.5, 0.6) is 0 Å². The molecule has 0 aliphatic carbocycles. The highest BCUT2D eigenvalue weighted by atomic mass is 31.2. The number of benzene rings is 4. The molecule has 0 radical (unpaired) electrons. The zero-order valence-corrected chi connectivity index (χ0v) is 32.3. The Kier molecular flexibility index (Phi) is 12.3. The van der Waals surface area contributed by atoms with Gasteiger partial charge in [0.25, 0.3) is 5.91 Å². The Hall–Kier alpha value is -4.82. The van der Waals surface area contributed by atoms with Crippen LogP contribution in [0.1, 0.15) is 41.0 Å². The molecule has 1 N–H and O–H groups in total. The molecule has 4 aromatic rings. The molecule has 52 heavy (non-hydrogen) atoms. The van der Waals surface area contributed by atoms with Gasteiger partial charge in [-0.1, -0.05) is 116 Å². The molecule has 270 valence electrons. The number of rotatable bonds is 15. The predicted molar refractivity (Wildman–Crippen MR) is 213 cm³/mol. The third-order valence-corrected chi connectivity index (χ3v) is 14.3. The van der Waals surface area contributed by atoms with Crippen molar-refractivity contribution in [1.29, 1.82) is 0 Å². The van der Waals surface area contributed by atoms with E-state index in [-0.39, 0.29) is 36.0 Å². The minimum absolute atomic E-state index is 0.0666. The van der Waals surface area contributed by atoms with Crippen LogP contribution in [-0.4, -0.2) is 67.5 Å². The zero-order chi connectivity index (χ0) is 37.5. The molecule has 0 spiro atoms. The first kappa shape index (κ1) is 38.4. The van der Waals surface area contributed by atoms with Gasteiger partial charge < -0.3 is 19.4 Å². The molecule has 1 fully saturated rings. The second-order valence-electron chi connectivity index (χ2n) is 13.7. The van der Waals surface area contributed by atoms with Crippen molar-refractivity contribution in [3.63, 3.8) is 0 Å². The van der Waals surface area contributed by atoms with Crippen molar-refractivity contribution < 1.29 is 28.3 Å². The van der Waals surface area contributed by atoms with Gasteiger partial charge in [0.2, 0.25) is 5.91 Å². The molecule has 1 aliphatic heterocycles. The van der Waals surface area contributed by atoms with E-state index in [0.29, 0.717) is 17.7 Å². The lowest BCUT2D eigenvalue weighted by atomic mass is 9.79. The summed E-state index contributed by atoms with van der Waals surface area (Å²) in [6.45, 7) is 10.9. The van der Waals surface area contributed by atoms with E-state index in [1.807, 2.05) is 105 Å². The van der Waals surface area contributed by atoms with Crippen molar-refractivity contribution >= 4 is 60.1 Å². The Bertz CT molecular complexity index is 1860. The SMILES string of the molecule is C=CCOC(=O)C(N1C(=O)[C@H]([C@@H](C)O[Si](C)(C)C)[C@H]1CC(=O)c1ccc(C(=O)NCC)cc1)=P(c1ccccc1)(c1ccccc1)c1ccccc1. The smallest absolute Gasteiger partial charge is 0.356 e. The lowest BCUT2D eigenvalue weighted by molar-refractivity contribution is -0.156. The maximum Gasteiger partial charge on any atom is 0.356 e. The first-order chi connectivity index (χ1) is 24.9. The van der Waals surface area contributed by atoms with Gasteiger partial charge in [-0.25, -0.2) is 4.79 Å². The van der Waals surface area contributed by atoms with Gasteiger partial charge in [-0.05, 0) is 61.5 Å². The Morgan fingerprint density at radius 2 is 1.31 bits per heavy atom. The predicted octanol–water partition coefficient (Wildman–Crippen LogP) is 5.93. The maximum atomic E-state index is 14.8. The van der Waals surface area contributed by atoms with Gasteiger partial charge >= 0.3 is 5.97 Å². The molecule has 5 rings (SSSR count). The first-order valence-corrected chi connectivity index (χ1v) is 22.8. The summed E-state index contributed by atoms with van der Waals surface area (Å²) in [5.41, 5.74) is 1.04. The van der Waals surface area contributed by atoms with Gasteiger partial charge in [-0.3, -0.25) is 14.4 Å². The molecule has 4 aromatic carbocycles. The Morgan fingerprint density at radius 3 is 1.75 bits per heavy atom. The van der Waals surface area contributed by atoms with Gasteiger partial charge in [0.05, 0.1) is 18.1 Å². The third kappa shape index (κ3) is 7.97. The summed E-state index contributed by atoms with van der Waals surface area (Å²) in [7, 11) is -2.13. The molecule has 1 heterocycles. The number of amides is 2. The first-order valence-electron chi connectivity index (χ1n) is 17.6. The lowest BCUT2D eigenvalue weighted by Gasteiger charge is -2.52. The number of nitrogens with one attached hydrogen (secondary N) is 1. The van der Waals surface area contributed by atoms with Crippen LogP contribution < -0.4 is 21.2 Å². The summed E-state index contributed by atoms with van der Waals surface area (Å²) in [4.78, 5) is 57.8. The molecule has 3 atom stereocenters. The fourth-order valence-corrected chi connectivity index (χ4v) is 12.6. The number of esters is 1. The number of hydrogen-bond acceptors (Lipinski definition) is 6. The average Bonchev–Trinajstić information content (AvgIpc) is 3.14. The van der Waals surface area contributed by atoms with Crippen LogP contribution >= 0.6 is 6.89 Å². The average molecular weight is 735 g/mol. The van der Waals surface area contributed by atoms with E-state index in [4.69, 9.17) is 9.16 Å². The highest BCUT2D eigenvalue weighted by Crippen LogP contribution is 2.50. The second kappa shape index (κ2) is 16.7. The maximum absolute atomic E-state index is 14.8. The van der Waals surface area contributed by atoms with Crippen LogP contribution in [0.3, 0.4) is 0 Å². The topological polar surface area (TPSA) is 102 Å². The Balaban J connectivity index is 1.79. The van der Waals surface area contributed by atoms with Crippen molar-refractivity contribution in [2.24, 2.45) is 5.92 Å². The number of likely N-dealkylation sites (tertiary alicyclic amines) is 1. The molecule has 0 aromatic heterocycles. The molecule has 0 unspecified atom stereocenters. The highest BCUT2D eigenvalue weighted by Gasteiger charge is 2.56. The largest absolute Gasteiger partial charge is 0.457 e. The minimum atomic E-state index is -3.17. The number of nitrogens with zero attached hydrogens (tertiary/aromatic N) is 1. The Morgan fingerprint density at radius 1 is 0.827 bits per heavy atom. The molecule has 0 bridgehead atoms. The van der Waals surface area contributed by atoms with Crippen molar-refractivity contribution in [3.05, 3.63) is 139 Å². The van der Waals surface area contributed by atoms with E-state index in [9.17, 15) is 19.2 Å². The molecule has 8 nitrogen and oxygen atoms in total. The quantitative estimate of drug-likeness (QED) is 0.0406. The number of hydrogen-bond donors (Lipinski definition) is 1. The lowest BCUT2D eigenvalue weighted by Crippen LogP contribution is -2.69. The number of carbonyl (C=O) groups excluding carboxylic acids is 4. The molecule has 1 saturated heterocycles. The van der Waals surface area contributed by atoms with Gasteiger partial charge in [0.1, 0.15) is 12.0 Å². The van der Waals surface area contributed by atoms with Crippen molar-refractivity contribution in [3.8, 4) is 0 Å². The van der Waals surface area contributed by atoms with Crippen molar-refractivity contribution in [2.45, 2.75) is 52.1 Å². The number of carbonyl (C=O) groups is 4. The summed E-state index contributed by atoms with van der Waals surface area (Å²) in [5.74, 6) is -2.10. The second-order valence-corrected chi connectivity index (χ2v) is 21.5. The number of β-lactam (4-membered cyclic amide) rings is 1. The normalized spacial score (nSPS) is 16.3. The summed E-state index contributed by atoms with van der Waals surface area (Å²) >= 11 is 0. The Labute approximate surface area is 308 Å². The summed E-state index contributed by atoms with van der Waals surface area (Å²) in [6, 6.07) is 35.1. The van der Waals surface area contributed by atoms with Crippen LogP contribution in [0.25, 0.3) is 0 Å². The van der Waals surface area contributed by atoms with E-state index >= 15 is 0 Å². The number of Topliss-reactive ketones (excluding diaryl/α,β-unsaturated/α-hetero) is 1. The highest BCUT2D eigenvalue weighted by molar-refractivity contribution is 7.96. The van der Waals surface area contributed by atoms with Crippen LogP contribution in [0.15, 0.2) is 128 Å². The monoisotopic (exact) mass is 734 g/mol. The molecule has 0 saturated carbocycles. The van der Waals surface area contributed by atoms with Crippen LogP contribution in [0.2, 0.25) is 19.6 Å². The molecule has 2 amide bonds. The third-order valence-electron chi connectivity index (χ3n) is 9.01. The van der Waals surface area contributed by atoms with E-state index in [1.54, 1.807) is 29.2 Å². The minimum Gasteiger partial charge on any atom is -0.457 e. The van der Waals surface area contributed by atoms with Crippen molar-refractivity contribution in [1.82, 2.24) is 10.2 Å². The van der Waals surface area contributed by atoms with Crippen LogP contribution in [0, 0.1) is 5.92 Å². The number of ketones is 1. The van der Waals surface area contributed by atoms with E-state index in [2.05, 4.69) is 31.5 Å². The van der Waals surface area contributed by atoms with E-state index in [1.165, 1.54) is 6.08 Å². The van der Waals surface area contributed by atoms with Gasteiger partial charge in [-0.15, -0.1) is 0 Å². The van der Waals surface area contributed by atoms with Crippen molar-refractivity contribution in [2.75, 3.05) is 13.2 Å². The summed E-state index contributed by atoms with van der Waals surface area (Å²) < 4.78 is 12.4. The standard InChI is InChI=1S/C42H47N2O6PSi/c1-7-28-49-42(48)41(51(33-18-12-9-13-19-33,34-20-14-10-15-21-34)35-22-16-11-17-23-35)44-36(38(40(44)47)30(3)50-52(4,5)6)29-37(45)31-24-26-32(27-25-31)39(46)43-8-2/h7,9-27,30,36,38H,1,8,28-29H2,2-6H3,(H,43,46)/t30-,36-,38-/m1/s1. The molecular formula is C42H47N2O6PSi. The molecule has 10 heteroatoms. The van der Waals surface area contributed by atoms with Crippen LogP contribution in [-0.2, 0) is 18.8 Å². The fourth-order valence-electron chi connectivity index (χ4n) is 6.93. The zero-order valence-electron chi connectivity index (χ0n) is 30.5. The van der Waals surface area contributed by atoms with E-state index in [0.717, 1.165) is 15.9 Å². The molecule has 1 aliphatic rings.